The number of hydrogen-bond acceptors (Lipinski definition) is 6. The molecule has 8 heteroatoms. The molecule has 1 fully saturated rings. The summed E-state index contributed by atoms with van der Waals surface area (Å²) in [6.07, 6.45) is 5.51. The molecule has 1 amide bonds. The lowest BCUT2D eigenvalue weighted by molar-refractivity contribution is 0.0587. The third-order valence-corrected chi connectivity index (χ3v) is 5.15. The number of rotatable bonds is 6. The zero-order valence-electron chi connectivity index (χ0n) is 16.7. The average molecular weight is 393 g/mol. The van der Waals surface area contributed by atoms with E-state index < -0.39 is 0 Å². The summed E-state index contributed by atoms with van der Waals surface area (Å²) in [4.78, 5) is 27.7. The van der Waals surface area contributed by atoms with E-state index in [0.29, 0.717) is 24.5 Å². The van der Waals surface area contributed by atoms with Crippen molar-refractivity contribution in [1.29, 1.82) is 0 Å². The standard InChI is InChI=1S/C21H23N5O3/c1-14-9-23-19(26(14)11-15-5-4-8-22-10-15)16-12-25(13-16)21(27)17-6-7-18(28-2)24-20(17)29-3/h4-10,16H,11-13H2,1-3H3. The number of imidazole rings is 1. The Morgan fingerprint density at radius 2 is 2.00 bits per heavy atom. The number of hydrogen-bond donors (Lipinski definition) is 0. The molecule has 0 radical (unpaired) electrons. The molecule has 8 nitrogen and oxygen atoms in total. The van der Waals surface area contributed by atoms with Gasteiger partial charge >= 0.3 is 0 Å². The van der Waals surface area contributed by atoms with Crippen LogP contribution in [0.2, 0.25) is 0 Å². The van der Waals surface area contributed by atoms with Gasteiger partial charge in [-0.2, -0.15) is 4.98 Å². The number of amides is 1. The molecular weight excluding hydrogens is 370 g/mol. The highest BCUT2D eigenvalue weighted by atomic mass is 16.5. The summed E-state index contributed by atoms with van der Waals surface area (Å²) < 4.78 is 12.6. The molecule has 0 bridgehead atoms. The molecule has 3 aromatic heterocycles. The SMILES string of the molecule is COc1ccc(C(=O)N2CC(c3ncc(C)n3Cc3cccnc3)C2)c(OC)n1. The van der Waals surface area contributed by atoms with Gasteiger partial charge in [-0.3, -0.25) is 9.78 Å². The number of carbonyl (C=O) groups excluding carboxylic acids is 1. The second kappa shape index (κ2) is 7.90. The number of pyridine rings is 2. The summed E-state index contributed by atoms with van der Waals surface area (Å²) in [5.41, 5.74) is 2.65. The average Bonchev–Trinajstić information content (AvgIpc) is 3.07. The Bertz CT molecular complexity index is 1010. The highest BCUT2D eigenvalue weighted by molar-refractivity contribution is 5.97. The van der Waals surface area contributed by atoms with Gasteiger partial charge in [0.15, 0.2) is 0 Å². The maximum Gasteiger partial charge on any atom is 0.259 e. The Labute approximate surface area is 169 Å². The molecule has 3 aromatic rings. The number of ether oxygens (including phenoxy) is 2. The summed E-state index contributed by atoms with van der Waals surface area (Å²) in [5.74, 6) is 1.77. The minimum Gasteiger partial charge on any atom is -0.481 e. The van der Waals surface area contributed by atoms with Crippen molar-refractivity contribution < 1.29 is 14.3 Å². The highest BCUT2D eigenvalue weighted by Crippen LogP contribution is 2.30. The number of aryl methyl sites for hydroxylation is 1. The molecule has 4 rings (SSSR count). The fraction of sp³-hybridized carbons (Fsp3) is 0.333. The quantitative estimate of drug-likeness (QED) is 0.639. The molecule has 1 saturated heterocycles. The van der Waals surface area contributed by atoms with E-state index >= 15 is 0 Å². The number of nitrogens with zero attached hydrogens (tertiary/aromatic N) is 5. The van der Waals surface area contributed by atoms with E-state index in [4.69, 9.17) is 9.47 Å². The van der Waals surface area contributed by atoms with Gasteiger partial charge in [0.05, 0.1) is 26.7 Å². The third-order valence-electron chi connectivity index (χ3n) is 5.15. The van der Waals surface area contributed by atoms with Crippen molar-refractivity contribution in [1.82, 2.24) is 24.4 Å². The van der Waals surface area contributed by atoms with Crippen LogP contribution in [-0.4, -0.2) is 57.6 Å². The second-order valence-electron chi connectivity index (χ2n) is 7.02. The zero-order valence-corrected chi connectivity index (χ0v) is 16.7. The van der Waals surface area contributed by atoms with Gasteiger partial charge in [0.2, 0.25) is 11.8 Å². The summed E-state index contributed by atoms with van der Waals surface area (Å²) >= 11 is 0. The van der Waals surface area contributed by atoms with Crippen LogP contribution in [0.25, 0.3) is 0 Å². The van der Waals surface area contributed by atoms with Gasteiger partial charge in [0.25, 0.3) is 5.91 Å². The van der Waals surface area contributed by atoms with Crippen LogP contribution < -0.4 is 9.47 Å². The Kier molecular flexibility index (Phi) is 5.16. The highest BCUT2D eigenvalue weighted by Gasteiger charge is 2.36. The van der Waals surface area contributed by atoms with E-state index in [2.05, 4.69) is 25.6 Å². The minimum absolute atomic E-state index is 0.102. The predicted octanol–water partition coefficient (Wildman–Crippen LogP) is 2.29. The fourth-order valence-electron chi connectivity index (χ4n) is 3.52. The van der Waals surface area contributed by atoms with E-state index in [0.717, 1.165) is 23.6 Å². The largest absolute Gasteiger partial charge is 0.481 e. The molecule has 1 aliphatic heterocycles. The number of likely N-dealkylation sites (tertiary alicyclic amines) is 1. The van der Waals surface area contributed by atoms with Crippen LogP contribution in [0.3, 0.4) is 0 Å². The Balaban J connectivity index is 1.47. The van der Waals surface area contributed by atoms with Crippen LogP contribution in [0.5, 0.6) is 11.8 Å². The fourth-order valence-corrected chi connectivity index (χ4v) is 3.52. The van der Waals surface area contributed by atoms with Crippen LogP contribution in [0, 0.1) is 6.92 Å². The summed E-state index contributed by atoms with van der Waals surface area (Å²) in [6, 6.07) is 7.34. The van der Waals surface area contributed by atoms with E-state index in [1.54, 1.807) is 23.2 Å². The molecule has 1 aliphatic rings. The lowest BCUT2D eigenvalue weighted by Crippen LogP contribution is -2.49. The van der Waals surface area contributed by atoms with Crippen molar-refractivity contribution in [2.24, 2.45) is 0 Å². The van der Waals surface area contributed by atoms with Gasteiger partial charge in [0.1, 0.15) is 11.4 Å². The Morgan fingerprint density at radius 1 is 1.17 bits per heavy atom. The monoisotopic (exact) mass is 393 g/mol. The first-order chi connectivity index (χ1) is 14.1. The molecule has 0 aliphatic carbocycles. The Hall–Kier alpha value is -3.42. The molecule has 0 unspecified atom stereocenters. The lowest BCUT2D eigenvalue weighted by atomic mass is 9.97. The van der Waals surface area contributed by atoms with Crippen molar-refractivity contribution >= 4 is 5.91 Å². The molecule has 29 heavy (non-hydrogen) atoms. The third kappa shape index (κ3) is 3.65. The summed E-state index contributed by atoms with van der Waals surface area (Å²) in [6.45, 7) is 3.98. The van der Waals surface area contributed by atoms with Crippen LogP contribution in [0.4, 0.5) is 0 Å². The van der Waals surface area contributed by atoms with Gasteiger partial charge in [-0.05, 0) is 24.6 Å². The maximum atomic E-state index is 12.9. The second-order valence-corrected chi connectivity index (χ2v) is 7.02. The van der Waals surface area contributed by atoms with Gasteiger partial charge in [0, 0.05) is 43.4 Å². The van der Waals surface area contributed by atoms with Crippen LogP contribution >= 0.6 is 0 Å². The van der Waals surface area contributed by atoms with Crippen LogP contribution in [0.15, 0.2) is 42.9 Å². The topological polar surface area (TPSA) is 82.4 Å². The summed E-state index contributed by atoms with van der Waals surface area (Å²) in [5, 5.41) is 0. The van der Waals surface area contributed by atoms with Gasteiger partial charge in [-0.25, -0.2) is 4.98 Å². The lowest BCUT2D eigenvalue weighted by Gasteiger charge is -2.39. The zero-order chi connectivity index (χ0) is 20.4. The van der Waals surface area contributed by atoms with Crippen molar-refractivity contribution in [3.63, 3.8) is 0 Å². The number of carbonyl (C=O) groups is 1. The van der Waals surface area contributed by atoms with Gasteiger partial charge < -0.3 is 18.9 Å². The smallest absolute Gasteiger partial charge is 0.259 e. The maximum absolute atomic E-state index is 12.9. The van der Waals surface area contributed by atoms with Crippen molar-refractivity contribution in [2.45, 2.75) is 19.4 Å². The number of aromatic nitrogens is 4. The van der Waals surface area contributed by atoms with Crippen molar-refractivity contribution in [3.05, 3.63) is 65.5 Å². The van der Waals surface area contributed by atoms with E-state index in [9.17, 15) is 4.79 Å². The van der Waals surface area contributed by atoms with E-state index in [1.807, 2.05) is 25.4 Å². The first-order valence-corrected chi connectivity index (χ1v) is 9.40. The van der Waals surface area contributed by atoms with Crippen LogP contribution in [0.1, 0.15) is 33.4 Å². The molecule has 4 heterocycles. The van der Waals surface area contributed by atoms with Crippen molar-refractivity contribution in [2.75, 3.05) is 27.3 Å². The summed E-state index contributed by atoms with van der Waals surface area (Å²) in [7, 11) is 3.02. The molecule has 0 N–H and O–H groups in total. The van der Waals surface area contributed by atoms with Gasteiger partial charge in [-0.1, -0.05) is 6.07 Å². The van der Waals surface area contributed by atoms with Gasteiger partial charge in [-0.15, -0.1) is 0 Å². The normalized spacial score (nSPS) is 13.8. The van der Waals surface area contributed by atoms with E-state index in [1.165, 1.54) is 14.2 Å². The molecule has 0 aromatic carbocycles. The Morgan fingerprint density at radius 3 is 2.69 bits per heavy atom. The minimum atomic E-state index is -0.102. The van der Waals surface area contributed by atoms with E-state index in [-0.39, 0.29) is 17.7 Å². The molecule has 0 saturated carbocycles. The number of methoxy groups -OCH3 is 2. The first-order valence-electron chi connectivity index (χ1n) is 9.40. The predicted molar refractivity (Wildman–Crippen MR) is 106 cm³/mol. The van der Waals surface area contributed by atoms with Crippen molar-refractivity contribution in [3.8, 4) is 11.8 Å². The molecule has 0 spiro atoms. The molecule has 150 valence electrons. The van der Waals surface area contributed by atoms with Crippen LogP contribution in [-0.2, 0) is 6.54 Å². The first kappa shape index (κ1) is 18.9. The molecule has 0 atom stereocenters. The molecular formula is C21H23N5O3.